The Labute approximate surface area is 138 Å². The molecule has 2 aliphatic rings. The summed E-state index contributed by atoms with van der Waals surface area (Å²) in [5, 5.41) is 3.40. The molecule has 1 aromatic heterocycles. The highest BCUT2D eigenvalue weighted by atomic mass is 16.5. The Morgan fingerprint density at radius 3 is 2.78 bits per heavy atom. The summed E-state index contributed by atoms with van der Waals surface area (Å²) in [5.41, 5.74) is 0.987. The summed E-state index contributed by atoms with van der Waals surface area (Å²) in [6.45, 7) is 5.54. The first-order valence-electron chi connectivity index (χ1n) is 8.60. The summed E-state index contributed by atoms with van der Waals surface area (Å²) in [7, 11) is 1.84. The van der Waals surface area contributed by atoms with Crippen LogP contribution < -0.4 is 5.32 Å². The topological polar surface area (TPSA) is 62.6 Å². The van der Waals surface area contributed by atoms with Gasteiger partial charge >= 0.3 is 0 Å². The van der Waals surface area contributed by atoms with Gasteiger partial charge in [-0.25, -0.2) is 9.97 Å². The van der Waals surface area contributed by atoms with E-state index in [1.807, 2.05) is 20.0 Å². The second-order valence-electron chi connectivity index (χ2n) is 6.46. The van der Waals surface area contributed by atoms with Gasteiger partial charge in [0.15, 0.2) is 5.96 Å². The minimum absolute atomic E-state index is 0.425. The number of rotatable bonds is 5. The fourth-order valence-electron chi connectivity index (χ4n) is 2.90. The molecule has 2 heterocycles. The quantitative estimate of drug-likeness (QED) is 0.662. The highest BCUT2D eigenvalue weighted by Crippen LogP contribution is 2.30. The molecule has 2 fully saturated rings. The molecule has 6 heteroatoms. The Balaban J connectivity index is 1.43. The van der Waals surface area contributed by atoms with Crippen LogP contribution in [0.3, 0.4) is 0 Å². The van der Waals surface area contributed by atoms with Gasteiger partial charge in [-0.3, -0.25) is 4.99 Å². The number of hydrogen-bond donors (Lipinski definition) is 1. The zero-order valence-electron chi connectivity index (χ0n) is 14.2. The van der Waals surface area contributed by atoms with Gasteiger partial charge in [0, 0.05) is 32.9 Å². The van der Waals surface area contributed by atoms with Crippen LogP contribution in [-0.2, 0) is 11.3 Å². The summed E-state index contributed by atoms with van der Waals surface area (Å²) >= 11 is 0. The molecule has 1 N–H and O–H groups in total. The van der Waals surface area contributed by atoms with Crippen molar-refractivity contribution >= 4 is 5.96 Å². The Kier molecular flexibility index (Phi) is 5.43. The van der Waals surface area contributed by atoms with Crippen LogP contribution in [0.4, 0.5) is 0 Å². The maximum absolute atomic E-state index is 6.01. The monoisotopic (exact) mass is 317 g/mol. The third-order valence-electron chi connectivity index (χ3n) is 4.48. The summed E-state index contributed by atoms with van der Waals surface area (Å²) in [6.07, 6.45) is 7.11. The van der Waals surface area contributed by atoms with E-state index in [1.165, 1.54) is 12.8 Å². The molecular weight excluding hydrogens is 290 g/mol. The molecule has 1 aliphatic heterocycles. The molecule has 23 heavy (non-hydrogen) atoms. The van der Waals surface area contributed by atoms with Crippen molar-refractivity contribution in [2.75, 3.05) is 26.7 Å². The highest BCUT2D eigenvalue weighted by Gasteiger charge is 2.26. The number of ether oxygens (including phenoxy) is 1. The normalized spacial score (nSPS) is 19.9. The average molecular weight is 317 g/mol. The van der Waals surface area contributed by atoms with E-state index < -0.39 is 0 Å². The fraction of sp³-hybridized carbons (Fsp3) is 0.706. The number of guanidine groups is 1. The molecule has 0 atom stereocenters. The SMILES string of the molecule is CN=C(NCc1ccnc(C)n1)N1CCC(OCC2CC2)CC1. The van der Waals surface area contributed by atoms with Crippen LogP contribution in [0.15, 0.2) is 17.3 Å². The lowest BCUT2D eigenvalue weighted by Gasteiger charge is -2.34. The van der Waals surface area contributed by atoms with Gasteiger partial charge in [-0.15, -0.1) is 0 Å². The number of nitrogens with one attached hydrogen (secondary N) is 1. The lowest BCUT2D eigenvalue weighted by atomic mass is 10.1. The minimum Gasteiger partial charge on any atom is -0.378 e. The van der Waals surface area contributed by atoms with E-state index in [2.05, 4.69) is 25.2 Å². The van der Waals surface area contributed by atoms with E-state index in [4.69, 9.17) is 4.74 Å². The second-order valence-corrected chi connectivity index (χ2v) is 6.46. The van der Waals surface area contributed by atoms with Crippen molar-refractivity contribution in [3.8, 4) is 0 Å². The van der Waals surface area contributed by atoms with Crippen LogP contribution in [-0.4, -0.2) is 53.7 Å². The van der Waals surface area contributed by atoms with Gasteiger partial charge in [0.05, 0.1) is 18.3 Å². The standard InChI is InChI=1S/C17H27N5O/c1-13-19-8-5-15(21-13)11-20-17(18-2)22-9-6-16(7-10-22)23-12-14-3-4-14/h5,8,14,16H,3-4,6-7,9-12H2,1-2H3,(H,18,20). The Hall–Kier alpha value is -1.69. The van der Waals surface area contributed by atoms with Crippen LogP contribution in [0.2, 0.25) is 0 Å². The van der Waals surface area contributed by atoms with Gasteiger partial charge in [-0.2, -0.15) is 0 Å². The second kappa shape index (κ2) is 7.73. The maximum atomic E-state index is 6.01. The number of nitrogens with zero attached hydrogens (tertiary/aromatic N) is 4. The number of piperidine rings is 1. The van der Waals surface area contributed by atoms with Gasteiger partial charge in [-0.05, 0) is 44.6 Å². The first-order valence-corrected chi connectivity index (χ1v) is 8.60. The maximum Gasteiger partial charge on any atom is 0.193 e. The molecule has 0 unspecified atom stereocenters. The third kappa shape index (κ3) is 4.89. The van der Waals surface area contributed by atoms with E-state index in [1.54, 1.807) is 6.20 Å². The van der Waals surface area contributed by atoms with Crippen molar-refractivity contribution < 1.29 is 4.74 Å². The molecule has 3 rings (SSSR count). The van der Waals surface area contributed by atoms with E-state index in [-0.39, 0.29) is 0 Å². The summed E-state index contributed by atoms with van der Waals surface area (Å²) < 4.78 is 6.01. The molecule has 0 amide bonds. The Bertz CT molecular complexity index is 536. The predicted octanol–water partition coefficient (Wildman–Crippen LogP) is 1.75. The molecule has 126 valence electrons. The van der Waals surface area contributed by atoms with Gasteiger partial charge in [-0.1, -0.05) is 0 Å². The van der Waals surface area contributed by atoms with Gasteiger partial charge in [0.2, 0.25) is 0 Å². The van der Waals surface area contributed by atoms with E-state index in [9.17, 15) is 0 Å². The zero-order valence-corrected chi connectivity index (χ0v) is 14.2. The summed E-state index contributed by atoms with van der Waals surface area (Å²) in [6, 6.07) is 1.94. The molecule has 6 nitrogen and oxygen atoms in total. The number of hydrogen-bond acceptors (Lipinski definition) is 4. The fourth-order valence-corrected chi connectivity index (χ4v) is 2.90. The predicted molar refractivity (Wildman–Crippen MR) is 90.2 cm³/mol. The van der Waals surface area contributed by atoms with Crippen LogP contribution >= 0.6 is 0 Å². The Morgan fingerprint density at radius 1 is 1.35 bits per heavy atom. The van der Waals surface area contributed by atoms with Crippen molar-refractivity contribution in [2.45, 2.75) is 45.3 Å². The largest absolute Gasteiger partial charge is 0.378 e. The van der Waals surface area contributed by atoms with Crippen LogP contribution in [0.25, 0.3) is 0 Å². The van der Waals surface area contributed by atoms with E-state index in [0.717, 1.165) is 55.9 Å². The molecule has 0 spiro atoms. The molecule has 0 radical (unpaired) electrons. The van der Waals surface area contributed by atoms with E-state index >= 15 is 0 Å². The molecule has 0 aromatic carbocycles. The smallest absolute Gasteiger partial charge is 0.193 e. The van der Waals surface area contributed by atoms with Crippen molar-refractivity contribution in [3.05, 3.63) is 23.8 Å². The number of aromatic nitrogens is 2. The molecule has 1 saturated carbocycles. The molecule has 1 aromatic rings. The minimum atomic E-state index is 0.425. The molecule has 1 aliphatic carbocycles. The van der Waals surface area contributed by atoms with E-state index in [0.29, 0.717) is 12.6 Å². The Morgan fingerprint density at radius 2 is 2.13 bits per heavy atom. The van der Waals surface area contributed by atoms with Crippen molar-refractivity contribution in [3.63, 3.8) is 0 Å². The number of aliphatic imine (C=N–C) groups is 1. The summed E-state index contributed by atoms with van der Waals surface area (Å²) in [4.78, 5) is 15.3. The summed E-state index contributed by atoms with van der Waals surface area (Å²) in [5.74, 6) is 2.59. The molecule has 1 saturated heterocycles. The zero-order chi connectivity index (χ0) is 16.1. The first kappa shape index (κ1) is 16.2. The van der Waals surface area contributed by atoms with Crippen LogP contribution in [0.5, 0.6) is 0 Å². The first-order chi connectivity index (χ1) is 11.2. The van der Waals surface area contributed by atoms with Crippen molar-refractivity contribution in [2.24, 2.45) is 10.9 Å². The lowest BCUT2D eigenvalue weighted by molar-refractivity contribution is 0.0131. The molecular formula is C17H27N5O. The third-order valence-corrected chi connectivity index (χ3v) is 4.48. The number of aryl methyl sites for hydroxylation is 1. The van der Waals surface area contributed by atoms with Gasteiger partial charge in [0.25, 0.3) is 0 Å². The van der Waals surface area contributed by atoms with Gasteiger partial charge < -0.3 is 15.0 Å². The van der Waals surface area contributed by atoms with Crippen LogP contribution in [0.1, 0.15) is 37.2 Å². The van der Waals surface area contributed by atoms with Crippen LogP contribution in [0, 0.1) is 12.8 Å². The highest BCUT2D eigenvalue weighted by molar-refractivity contribution is 5.79. The lowest BCUT2D eigenvalue weighted by Crippen LogP contribution is -2.46. The van der Waals surface area contributed by atoms with Crippen molar-refractivity contribution in [1.82, 2.24) is 20.2 Å². The number of likely N-dealkylation sites (tertiary alicyclic amines) is 1. The molecule has 0 bridgehead atoms. The average Bonchev–Trinajstić information content (AvgIpc) is 3.39. The van der Waals surface area contributed by atoms with Gasteiger partial charge in [0.1, 0.15) is 5.82 Å². The van der Waals surface area contributed by atoms with Crippen molar-refractivity contribution in [1.29, 1.82) is 0 Å².